The van der Waals surface area contributed by atoms with Gasteiger partial charge in [-0.05, 0) is 36.2 Å². The van der Waals surface area contributed by atoms with E-state index in [0.717, 1.165) is 11.1 Å². The van der Waals surface area contributed by atoms with Gasteiger partial charge >= 0.3 is 0 Å². The molecule has 0 saturated carbocycles. The molecule has 32 heavy (non-hydrogen) atoms. The van der Waals surface area contributed by atoms with Gasteiger partial charge in [0.25, 0.3) is 11.5 Å². The number of nitrogens with zero attached hydrogens (tertiary/aromatic N) is 5. The first kappa shape index (κ1) is 20.1. The van der Waals surface area contributed by atoms with Crippen LogP contribution in [0.2, 0.25) is 0 Å². The number of fused-ring (bicyclic) bond motifs is 2. The third-order valence-corrected chi connectivity index (χ3v) is 5.73. The van der Waals surface area contributed by atoms with Crippen LogP contribution < -0.4 is 11.0 Å². The summed E-state index contributed by atoms with van der Waals surface area (Å²) >= 11 is 0. The summed E-state index contributed by atoms with van der Waals surface area (Å²) in [6.45, 7) is 3.96. The lowest BCUT2D eigenvalue weighted by Crippen LogP contribution is -2.43. The molecule has 1 amide bonds. The van der Waals surface area contributed by atoms with E-state index in [-0.39, 0.29) is 29.1 Å². The van der Waals surface area contributed by atoms with Crippen LogP contribution in [0.15, 0.2) is 53.7 Å². The van der Waals surface area contributed by atoms with Gasteiger partial charge in [-0.25, -0.2) is 4.98 Å². The van der Waals surface area contributed by atoms with Gasteiger partial charge in [0.2, 0.25) is 0 Å². The number of nitrogens with one attached hydrogen (secondary N) is 1. The molecule has 1 saturated heterocycles. The zero-order chi connectivity index (χ0) is 22.2. The number of carbonyl (C=O) groups excluding carboxylic acids is 1. The van der Waals surface area contributed by atoms with Gasteiger partial charge in [-0.2, -0.15) is 0 Å². The predicted octanol–water partition coefficient (Wildman–Crippen LogP) is 1.35. The average molecular weight is 430 g/mol. The van der Waals surface area contributed by atoms with E-state index in [0.29, 0.717) is 43.0 Å². The van der Waals surface area contributed by atoms with E-state index in [1.54, 1.807) is 34.1 Å². The molecule has 0 spiro atoms. The molecule has 9 heteroatoms. The molecule has 5 heterocycles. The summed E-state index contributed by atoms with van der Waals surface area (Å²) in [6.07, 6.45) is 5.04. The van der Waals surface area contributed by atoms with E-state index < -0.39 is 0 Å². The van der Waals surface area contributed by atoms with E-state index in [1.165, 1.54) is 10.5 Å². The number of hydrogen-bond donors (Lipinski definition) is 1. The third-order valence-electron chi connectivity index (χ3n) is 5.73. The Hall–Kier alpha value is -3.85. The number of aromatic nitrogens is 4. The fourth-order valence-corrected chi connectivity index (χ4v) is 4.02. The van der Waals surface area contributed by atoms with Gasteiger partial charge in [0, 0.05) is 31.7 Å². The van der Waals surface area contributed by atoms with Crippen LogP contribution in [-0.4, -0.2) is 56.0 Å². The molecule has 1 fully saturated rings. The van der Waals surface area contributed by atoms with Gasteiger partial charge in [-0.1, -0.05) is 12.1 Å². The smallest absolute Gasteiger partial charge is 0.267 e. The van der Waals surface area contributed by atoms with Crippen molar-refractivity contribution in [3.63, 3.8) is 0 Å². The number of aryl methyl sites for hydroxylation is 1. The normalized spacial score (nSPS) is 14.2. The Bertz CT molecular complexity index is 1450. The molecule has 1 aliphatic rings. The zero-order valence-corrected chi connectivity index (χ0v) is 17.6. The van der Waals surface area contributed by atoms with Crippen LogP contribution in [0.5, 0.6) is 0 Å². The lowest BCUT2D eigenvalue weighted by Gasteiger charge is -2.27. The molecule has 4 aromatic heterocycles. The van der Waals surface area contributed by atoms with Crippen LogP contribution in [-0.2, 0) is 11.3 Å². The quantitative estimate of drug-likeness (QED) is 0.494. The number of morpholine rings is 1. The molecule has 162 valence electrons. The highest BCUT2D eigenvalue weighted by Crippen LogP contribution is 2.15. The van der Waals surface area contributed by atoms with Gasteiger partial charge in [0.15, 0.2) is 0 Å². The molecule has 0 radical (unpaired) electrons. The van der Waals surface area contributed by atoms with Gasteiger partial charge in [0.05, 0.1) is 30.7 Å². The minimum Gasteiger partial charge on any atom is -0.378 e. The molecule has 4 aromatic rings. The minimum atomic E-state index is -0.283. The molecule has 0 aromatic carbocycles. The first-order chi connectivity index (χ1) is 15.5. The first-order valence-electron chi connectivity index (χ1n) is 10.4. The number of hydrogen-bond acceptors (Lipinski definition) is 6. The molecule has 1 N–H and O–H groups in total. The van der Waals surface area contributed by atoms with Crippen molar-refractivity contribution in [1.29, 1.82) is 5.41 Å². The van der Waals surface area contributed by atoms with Crippen molar-refractivity contribution < 1.29 is 9.53 Å². The second-order valence-electron chi connectivity index (χ2n) is 7.80. The highest BCUT2D eigenvalue weighted by molar-refractivity contribution is 5.97. The largest absolute Gasteiger partial charge is 0.378 e. The summed E-state index contributed by atoms with van der Waals surface area (Å²) in [7, 11) is 0. The van der Waals surface area contributed by atoms with Crippen LogP contribution in [0.25, 0.3) is 16.7 Å². The van der Waals surface area contributed by atoms with Crippen molar-refractivity contribution in [1.82, 2.24) is 23.8 Å². The summed E-state index contributed by atoms with van der Waals surface area (Å²) in [6, 6.07) is 8.89. The topological polar surface area (TPSA) is 106 Å². The highest BCUT2D eigenvalue weighted by Gasteiger charge is 2.23. The summed E-state index contributed by atoms with van der Waals surface area (Å²) in [4.78, 5) is 37.3. The van der Waals surface area contributed by atoms with E-state index in [4.69, 9.17) is 15.1 Å². The molecule has 9 nitrogen and oxygen atoms in total. The third kappa shape index (κ3) is 3.36. The van der Waals surface area contributed by atoms with Crippen molar-refractivity contribution >= 4 is 22.6 Å². The Morgan fingerprint density at radius 1 is 1.19 bits per heavy atom. The Balaban J connectivity index is 1.80. The van der Waals surface area contributed by atoms with E-state index >= 15 is 0 Å². The Labute approximate surface area is 183 Å². The summed E-state index contributed by atoms with van der Waals surface area (Å²) in [5.74, 6) is -0.283. The number of carbonyl (C=O) groups is 1. The zero-order valence-electron chi connectivity index (χ0n) is 17.6. The molecular weight excluding hydrogens is 408 g/mol. The maximum absolute atomic E-state index is 13.4. The maximum atomic E-state index is 13.4. The van der Waals surface area contributed by atoms with Crippen LogP contribution in [0, 0.1) is 12.3 Å². The lowest BCUT2D eigenvalue weighted by molar-refractivity contribution is 0.0301. The van der Waals surface area contributed by atoms with Gasteiger partial charge < -0.3 is 14.2 Å². The van der Waals surface area contributed by atoms with Crippen LogP contribution in [0.4, 0.5) is 0 Å². The number of rotatable bonds is 3. The second-order valence-corrected chi connectivity index (χ2v) is 7.80. The molecule has 0 atom stereocenters. The molecule has 0 unspecified atom stereocenters. The van der Waals surface area contributed by atoms with Crippen molar-refractivity contribution in [3.05, 3.63) is 81.5 Å². The average Bonchev–Trinajstić information content (AvgIpc) is 2.82. The van der Waals surface area contributed by atoms with Gasteiger partial charge in [-0.3, -0.25) is 24.4 Å². The highest BCUT2D eigenvalue weighted by atomic mass is 16.5. The Kier molecular flexibility index (Phi) is 5.02. The Morgan fingerprint density at radius 2 is 2.00 bits per heavy atom. The first-order valence-corrected chi connectivity index (χ1v) is 10.4. The summed E-state index contributed by atoms with van der Waals surface area (Å²) in [5, 5.41) is 9.17. The van der Waals surface area contributed by atoms with Crippen molar-refractivity contribution in [3.8, 4) is 0 Å². The second kappa shape index (κ2) is 8.01. The lowest BCUT2D eigenvalue weighted by atomic mass is 10.1. The number of ether oxygens (including phenoxy) is 1. The molecule has 1 aliphatic heterocycles. The maximum Gasteiger partial charge on any atom is 0.267 e. The molecule has 5 rings (SSSR count). The SMILES string of the molecule is Cc1cccn2c(=O)c3cc(C(=O)N4CCOCC4)c(=N)n(Cc4cccnc4)c3nc12. The Morgan fingerprint density at radius 3 is 2.75 bits per heavy atom. The van der Waals surface area contributed by atoms with E-state index in [2.05, 4.69) is 4.98 Å². The molecule has 0 aliphatic carbocycles. The fourth-order valence-electron chi connectivity index (χ4n) is 4.02. The van der Waals surface area contributed by atoms with Crippen molar-refractivity contribution in [2.45, 2.75) is 13.5 Å². The standard InChI is InChI=1S/C23H22N6O3/c1-15-4-3-7-28-20(15)26-21-18(23(28)31)12-17(22(30)27-8-10-32-11-9-27)19(24)29(21)14-16-5-2-6-25-13-16/h2-7,12-13,24H,8-11,14H2,1H3. The van der Waals surface area contributed by atoms with Gasteiger partial charge in [-0.15, -0.1) is 0 Å². The van der Waals surface area contributed by atoms with Crippen LogP contribution in [0.3, 0.4) is 0 Å². The number of amides is 1. The minimum absolute atomic E-state index is 0.0164. The van der Waals surface area contributed by atoms with Crippen LogP contribution in [0.1, 0.15) is 21.5 Å². The van der Waals surface area contributed by atoms with Crippen molar-refractivity contribution in [2.75, 3.05) is 26.3 Å². The van der Waals surface area contributed by atoms with Gasteiger partial charge in [0.1, 0.15) is 16.8 Å². The van der Waals surface area contributed by atoms with Crippen LogP contribution >= 0.6 is 0 Å². The summed E-state index contributed by atoms with van der Waals surface area (Å²) in [5.41, 5.74) is 2.50. The summed E-state index contributed by atoms with van der Waals surface area (Å²) < 4.78 is 8.45. The molecule has 0 bridgehead atoms. The predicted molar refractivity (Wildman–Crippen MR) is 118 cm³/mol. The van der Waals surface area contributed by atoms with Crippen molar-refractivity contribution in [2.24, 2.45) is 0 Å². The number of pyridine rings is 3. The molecular formula is C23H22N6O3. The van der Waals surface area contributed by atoms with E-state index in [1.807, 2.05) is 25.1 Å². The van der Waals surface area contributed by atoms with E-state index in [9.17, 15) is 9.59 Å². The fraction of sp³-hybridized carbons (Fsp3) is 0.261. The monoisotopic (exact) mass is 430 g/mol.